The van der Waals surface area contributed by atoms with Gasteiger partial charge in [0.25, 0.3) is 5.56 Å². The molecule has 2 heterocycles. The highest BCUT2D eigenvalue weighted by Gasteiger charge is 2.25. The summed E-state index contributed by atoms with van der Waals surface area (Å²) in [5, 5.41) is 1.30. The number of hydrogen-bond donors (Lipinski definition) is 0. The number of aryl methyl sites for hydroxylation is 1. The Balaban J connectivity index is 1.91. The molecular weight excluding hydrogens is 300 g/mol. The van der Waals surface area contributed by atoms with Crippen molar-refractivity contribution in [3.8, 4) is 0 Å². The minimum atomic E-state index is 0.134. The summed E-state index contributed by atoms with van der Waals surface area (Å²) >= 11 is 3.22. The topological polar surface area (TPSA) is 34.9 Å². The molecule has 0 aliphatic carbocycles. The van der Waals surface area contributed by atoms with Gasteiger partial charge in [-0.25, -0.2) is 4.98 Å². The normalized spacial score (nSPS) is 17.0. The van der Waals surface area contributed by atoms with E-state index in [9.17, 15) is 4.79 Å². The molecule has 0 saturated carbocycles. The highest BCUT2D eigenvalue weighted by molar-refractivity contribution is 8.00. The third kappa shape index (κ3) is 3.04. The molecule has 0 fully saturated rings. The van der Waals surface area contributed by atoms with Gasteiger partial charge in [0.1, 0.15) is 0 Å². The van der Waals surface area contributed by atoms with E-state index in [0.29, 0.717) is 11.8 Å². The van der Waals surface area contributed by atoms with Crippen molar-refractivity contribution in [2.24, 2.45) is 0 Å². The number of rotatable bonds is 4. The van der Waals surface area contributed by atoms with Crippen LogP contribution in [0.2, 0.25) is 0 Å². The molecule has 3 nitrogen and oxygen atoms in total. The molecule has 1 aliphatic rings. The molecule has 21 heavy (non-hydrogen) atoms. The Bertz CT molecular complexity index is 697. The van der Waals surface area contributed by atoms with E-state index in [0.717, 1.165) is 28.6 Å². The average Bonchev–Trinajstić information content (AvgIpc) is 2.88. The largest absolute Gasteiger partial charge is 0.286 e. The summed E-state index contributed by atoms with van der Waals surface area (Å²) in [6.45, 7) is 2.84. The van der Waals surface area contributed by atoms with Crippen LogP contribution >= 0.6 is 23.5 Å². The van der Waals surface area contributed by atoms with E-state index in [2.05, 4.69) is 19.1 Å². The predicted octanol–water partition coefficient (Wildman–Crippen LogP) is 3.24. The lowest BCUT2D eigenvalue weighted by Crippen LogP contribution is -2.26. The fourth-order valence-electron chi connectivity index (χ4n) is 2.57. The van der Waals surface area contributed by atoms with Crippen molar-refractivity contribution < 1.29 is 0 Å². The minimum Gasteiger partial charge on any atom is -0.286 e. The van der Waals surface area contributed by atoms with E-state index < -0.39 is 0 Å². The number of thioether (sulfide) groups is 2. The fraction of sp³-hybridized carbons (Fsp3) is 0.375. The molecule has 0 radical (unpaired) electrons. The molecule has 3 rings (SSSR count). The number of hydrogen-bond acceptors (Lipinski definition) is 4. The van der Waals surface area contributed by atoms with Gasteiger partial charge in [0.05, 0.1) is 10.6 Å². The van der Waals surface area contributed by atoms with Crippen LogP contribution in [-0.4, -0.2) is 21.1 Å². The second-order valence-corrected chi connectivity index (χ2v) is 7.42. The summed E-state index contributed by atoms with van der Waals surface area (Å²) in [7, 11) is 0. The zero-order valence-electron chi connectivity index (χ0n) is 12.2. The lowest BCUT2D eigenvalue weighted by molar-refractivity contribution is 0.565. The molecule has 0 saturated heterocycles. The van der Waals surface area contributed by atoms with E-state index in [1.165, 1.54) is 5.56 Å². The Morgan fingerprint density at radius 1 is 1.38 bits per heavy atom. The number of aromatic nitrogens is 2. The zero-order valence-corrected chi connectivity index (χ0v) is 13.8. The zero-order chi connectivity index (χ0) is 14.8. The van der Waals surface area contributed by atoms with Crippen molar-refractivity contribution in [2.45, 2.75) is 41.6 Å². The molecule has 1 atom stereocenters. The van der Waals surface area contributed by atoms with Gasteiger partial charge in [0, 0.05) is 18.2 Å². The van der Waals surface area contributed by atoms with Crippen molar-refractivity contribution in [3.63, 3.8) is 0 Å². The Morgan fingerprint density at radius 3 is 2.86 bits per heavy atom. The number of fused-ring (bicyclic) bond motifs is 1. The first-order chi connectivity index (χ1) is 10.2. The van der Waals surface area contributed by atoms with Gasteiger partial charge in [-0.1, -0.05) is 49.0 Å². The average molecular weight is 318 g/mol. The Morgan fingerprint density at radius 2 is 2.14 bits per heavy atom. The van der Waals surface area contributed by atoms with Crippen molar-refractivity contribution >= 4 is 23.5 Å². The molecular formula is C16H18N2OS2. The second-order valence-electron chi connectivity index (χ2n) is 5.20. The van der Waals surface area contributed by atoms with Crippen molar-refractivity contribution in [2.75, 3.05) is 6.26 Å². The van der Waals surface area contributed by atoms with Crippen molar-refractivity contribution in [3.05, 3.63) is 51.9 Å². The van der Waals surface area contributed by atoms with E-state index in [-0.39, 0.29) is 5.56 Å². The van der Waals surface area contributed by atoms with Crippen molar-refractivity contribution in [1.82, 2.24) is 9.55 Å². The molecule has 0 N–H and O–H groups in total. The highest BCUT2D eigenvalue weighted by atomic mass is 32.2. The van der Waals surface area contributed by atoms with Gasteiger partial charge in [-0.15, -0.1) is 11.8 Å². The third-order valence-electron chi connectivity index (χ3n) is 3.61. The van der Waals surface area contributed by atoms with Gasteiger partial charge in [-0.05, 0) is 18.2 Å². The highest BCUT2D eigenvalue weighted by Crippen LogP contribution is 2.33. The van der Waals surface area contributed by atoms with Crippen LogP contribution in [0.5, 0.6) is 0 Å². The van der Waals surface area contributed by atoms with Crippen LogP contribution in [0.15, 0.2) is 45.2 Å². The summed E-state index contributed by atoms with van der Waals surface area (Å²) < 4.78 is 1.83. The monoisotopic (exact) mass is 318 g/mol. The maximum absolute atomic E-state index is 12.7. The smallest absolute Gasteiger partial charge is 0.268 e. The molecule has 1 aromatic carbocycles. The summed E-state index contributed by atoms with van der Waals surface area (Å²) in [5.41, 5.74) is 2.37. The fourth-order valence-corrected chi connectivity index (χ4v) is 4.29. The molecule has 110 valence electrons. The van der Waals surface area contributed by atoms with Gasteiger partial charge >= 0.3 is 0 Å². The Kier molecular flexibility index (Phi) is 4.40. The molecule has 1 aromatic heterocycles. The summed E-state index contributed by atoms with van der Waals surface area (Å²) in [4.78, 5) is 18.3. The van der Waals surface area contributed by atoms with E-state index in [1.54, 1.807) is 23.5 Å². The number of benzene rings is 1. The quantitative estimate of drug-likeness (QED) is 0.640. The first kappa shape index (κ1) is 14.7. The number of nitrogens with zero attached hydrogens (tertiary/aromatic N) is 2. The van der Waals surface area contributed by atoms with Gasteiger partial charge < -0.3 is 0 Å². The van der Waals surface area contributed by atoms with Crippen LogP contribution < -0.4 is 5.56 Å². The van der Waals surface area contributed by atoms with E-state index in [4.69, 9.17) is 4.98 Å². The Labute approximate surface area is 133 Å². The first-order valence-electron chi connectivity index (χ1n) is 7.07. The molecule has 0 unspecified atom stereocenters. The summed E-state index contributed by atoms with van der Waals surface area (Å²) in [6, 6.07) is 10.3. The first-order valence-corrected chi connectivity index (χ1v) is 9.17. The summed E-state index contributed by atoms with van der Waals surface area (Å²) in [5.74, 6) is 0. The second kappa shape index (κ2) is 6.28. The van der Waals surface area contributed by atoms with Gasteiger partial charge in [0.2, 0.25) is 0 Å². The SMILES string of the molecule is CSc1nc2c(c(=O)n1CCc1ccccc1)S[C@H](C)C2. The maximum atomic E-state index is 12.7. The molecule has 5 heteroatoms. The predicted molar refractivity (Wildman–Crippen MR) is 89.4 cm³/mol. The van der Waals surface area contributed by atoms with Gasteiger partial charge in [0.15, 0.2) is 5.16 Å². The maximum Gasteiger partial charge on any atom is 0.268 e. The van der Waals surface area contributed by atoms with Crippen LogP contribution in [0, 0.1) is 0 Å². The molecule has 1 aliphatic heterocycles. The van der Waals surface area contributed by atoms with E-state index in [1.807, 2.05) is 29.0 Å². The van der Waals surface area contributed by atoms with Crippen LogP contribution in [0.3, 0.4) is 0 Å². The molecule has 2 aromatic rings. The van der Waals surface area contributed by atoms with E-state index >= 15 is 0 Å². The summed E-state index contributed by atoms with van der Waals surface area (Å²) in [6.07, 6.45) is 3.75. The van der Waals surface area contributed by atoms with Crippen LogP contribution in [0.4, 0.5) is 0 Å². The molecule has 0 bridgehead atoms. The van der Waals surface area contributed by atoms with Crippen LogP contribution in [0.25, 0.3) is 0 Å². The Hall–Kier alpha value is -1.20. The third-order valence-corrected chi connectivity index (χ3v) is 5.50. The van der Waals surface area contributed by atoms with Crippen molar-refractivity contribution in [1.29, 1.82) is 0 Å². The molecule has 0 spiro atoms. The lowest BCUT2D eigenvalue weighted by atomic mass is 10.1. The molecule has 0 amide bonds. The van der Waals surface area contributed by atoms with Crippen LogP contribution in [-0.2, 0) is 19.4 Å². The standard InChI is InChI=1S/C16H18N2OS2/c1-11-10-13-14(21-11)15(19)18(16(17-13)20-2)9-8-12-6-4-3-5-7-12/h3-7,11H,8-10H2,1-2H3/t11-/m1/s1. The lowest BCUT2D eigenvalue weighted by Gasteiger charge is -2.12. The van der Waals surface area contributed by atoms with Crippen LogP contribution in [0.1, 0.15) is 18.2 Å². The van der Waals surface area contributed by atoms with Gasteiger partial charge in [-0.3, -0.25) is 9.36 Å². The minimum absolute atomic E-state index is 0.134. The van der Waals surface area contributed by atoms with Gasteiger partial charge in [-0.2, -0.15) is 0 Å².